The van der Waals surface area contributed by atoms with E-state index in [1.807, 2.05) is 0 Å². The zero-order valence-corrected chi connectivity index (χ0v) is 10.4. The highest BCUT2D eigenvalue weighted by molar-refractivity contribution is 9.09. The van der Waals surface area contributed by atoms with Gasteiger partial charge in [0.15, 0.2) is 0 Å². The number of nitrogens with zero attached hydrogens (tertiary/aromatic N) is 2. The van der Waals surface area contributed by atoms with Gasteiger partial charge in [0.2, 0.25) is 0 Å². The molecule has 0 amide bonds. The van der Waals surface area contributed by atoms with E-state index in [0.717, 1.165) is 4.83 Å². The molecule has 1 aliphatic rings. The summed E-state index contributed by atoms with van der Waals surface area (Å²) in [6, 6.07) is 0. The van der Waals surface area contributed by atoms with Crippen molar-refractivity contribution in [1.82, 2.24) is 9.80 Å². The third kappa shape index (κ3) is 3.96. The van der Waals surface area contributed by atoms with Crippen molar-refractivity contribution in [2.45, 2.75) is 25.1 Å². The van der Waals surface area contributed by atoms with Crippen LogP contribution < -0.4 is 0 Å². The van der Waals surface area contributed by atoms with Crippen molar-refractivity contribution in [3.05, 3.63) is 0 Å². The fourth-order valence-electron chi connectivity index (χ4n) is 1.81. The van der Waals surface area contributed by atoms with Crippen molar-refractivity contribution < 1.29 is 0 Å². The van der Waals surface area contributed by atoms with Crippen molar-refractivity contribution in [3.8, 4) is 0 Å². The minimum Gasteiger partial charge on any atom is -0.303 e. The number of alkyl halides is 1. The average molecular weight is 249 g/mol. The molecule has 0 spiro atoms. The molecule has 3 heteroatoms. The fraction of sp³-hybridized carbons (Fsp3) is 1.00. The Morgan fingerprint density at radius 2 is 2.08 bits per heavy atom. The monoisotopic (exact) mass is 248 g/mol. The highest BCUT2D eigenvalue weighted by Gasteiger charge is 2.19. The lowest BCUT2D eigenvalue weighted by atomic mass is 10.4. The van der Waals surface area contributed by atoms with Crippen LogP contribution in [0.1, 0.15) is 20.3 Å². The zero-order chi connectivity index (χ0) is 9.68. The quantitative estimate of drug-likeness (QED) is 0.685. The predicted molar refractivity (Wildman–Crippen MR) is 61.6 cm³/mol. The molecule has 1 saturated heterocycles. The molecule has 2 nitrogen and oxygen atoms in total. The lowest BCUT2D eigenvalue weighted by molar-refractivity contribution is 0.241. The van der Waals surface area contributed by atoms with Gasteiger partial charge >= 0.3 is 0 Å². The molecular weight excluding hydrogens is 228 g/mol. The normalized spacial score (nSPS) is 24.5. The number of rotatable bonds is 5. The second kappa shape index (κ2) is 5.99. The first-order chi connectivity index (χ1) is 6.26. The van der Waals surface area contributed by atoms with Crippen molar-refractivity contribution in [2.75, 3.05) is 39.3 Å². The van der Waals surface area contributed by atoms with Gasteiger partial charge in [-0.15, -0.1) is 0 Å². The lowest BCUT2D eigenvalue weighted by Gasteiger charge is -2.22. The van der Waals surface area contributed by atoms with E-state index in [4.69, 9.17) is 0 Å². The second-order valence-electron chi connectivity index (χ2n) is 3.71. The van der Waals surface area contributed by atoms with Crippen LogP contribution in [-0.4, -0.2) is 53.9 Å². The summed E-state index contributed by atoms with van der Waals surface area (Å²) in [7, 11) is 0. The lowest BCUT2D eigenvalue weighted by Crippen LogP contribution is -2.34. The maximum Gasteiger partial charge on any atom is 0.0285 e. The third-order valence-electron chi connectivity index (χ3n) is 2.84. The summed E-state index contributed by atoms with van der Waals surface area (Å²) in [5, 5.41) is 0. The topological polar surface area (TPSA) is 6.48 Å². The van der Waals surface area contributed by atoms with Gasteiger partial charge in [0.05, 0.1) is 0 Å². The number of likely N-dealkylation sites (tertiary alicyclic amines) is 1. The summed E-state index contributed by atoms with van der Waals surface area (Å²) in [6.07, 6.45) is 1.32. The summed E-state index contributed by atoms with van der Waals surface area (Å²) in [6.45, 7) is 11.8. The molecule has 0 aromatic carbocycles. The minimum absolute atomic E-state index is 0.740. The fourth-order valence-corrected chi connectivity index (χ4v) is 2.43. The summed E-state index contributed by atoms with van der Waals surface area (Å²) in [5.41, 5.74) is 0. The van der Waals surface area contributed by atoms with Crippen molar-refractivity contribution in [1.29, 1.82) is 0 Å². The molecule has 1 heterocycles. The third-order valence-corrected chi connectivity index (χ3v) is 3.59. The molecule has 1 aliphatic heterocycles. The van der Waals surface area contributed by atoms with Crippen LogP contribution in [0.25, 0.3) is 0 Å². The molecule has 1 unspecified atom stereocenters. The minimum atomic E-state index is 0.740. The molecule has 1 atom stereocenters. The Hall–Kier alpha value is 0.400. The first kappa shape index (κ1) is 11.5. The van der Waals surface area contributed by atoms with Crippen LogP contribution in [0.4, 0.5) is 0 Å². The maximum absolute atomic E-state index is 3.66. The van der Waals surface area contributed by atoms with Gasteiger partial charge in [0, 0.05) is 24.5 Å². The van der Waals surface area contributed by atoms with Gasteiger partial charge in [0.25, 0.3) is 0 Å². The standard InChI is InChI=1S/C10H21BrN2/c1-3-12(4-2)7-8-13-6-5-10(11)9-13/h10H,3-9H2,1-2H3. The van der Waals surface area contributed by atoms with E-state index in [-0.39, 0.29) is 0 Å². The smallest absolute Gasteiger partial charge is 0.0285 e. The van der Waals surface area contributed by atoms with E-state index in [1.165, 1.54) is 45.7 Å². The van der Waals surface area contributed by atoms with E-state index in [9.17, 15) is 0 Å². The maximum atomic E-state index is 3.66. The Balaban J connectivity index is 2.11. The van der Waals surface area contributed by atoms with Gasteiger partial charge in [-0.25, -0.2) is 0 Å². The van der Waals surface area contributed by atoms with Crippen molar-refractivity contribution in [2.24, 2.45) is 0 Å². The van der Waals surface area contributed by atoms with Gasteiger partial charge in [-0.2, -0.15) is 0 Å². The molecule has 0 aromatic rings. The van der Waals surface area contributed by atoms with Crippen LogP contribution in [0.15, 0.2) is 0 Å². The Morgan fingerprint density at radius 1 is 1.38 bits per heavy atom. The molecule has 0 aromatic heterocycles. The molecule has 1 fully saturated rings. The van der Waals surface area contributed by atoms with Gasteiger partial charge in [-0.1, -0.05) is 29.8 Å². The van der Waals surface area contributed by atoms with Crippen LogP contribution in [0.3, 0.4) is 0 Å². The SMILES string of the molecule is CCN(CC)CCN1CCC(Br)C1. The summed E-state index contributed by atoms with van der Waals surface area (Å²) >= 11 is 3.66. The van der Waals surface area contributed by atoms with E-state index >= 15 is 0 Å². The Labute approximate surface area is 90.4 Å². The van der Waals surface area contributed by atoms with E-state index in [2.05, 4.69) is 39.6 Å². The predicted octanol–water partition coefficient (Wildman–Crippen LogP) is 1.80. The Morgan fingerprint density at radius 3 is 2.54 bits per heavy atom. The highest BCUT2D eigenvalue weighted by Crippen LogP contribution is 2.15. The van der Waals surface area contributed by atoms with Crippen LogP contribution in [0, 0.1) is 0 Å². The molecule has 0 radical (unpaired) electrons. The zero-order valence-electron chi connectivity index (χ0n) is 8.80. The largest absolute Gasteiger partial charge is 0.303 e. The molecule has 0 N–H and O–H groups in total. The van der Waals surface area contributed by atoms with Gasteiger partial charge in [-0.05, 0) is 26.1 Å². The van der Waals surface area contributed by atoms with Crippen LogP contribution in [0.5, 0.6) is 0 Å². The van der Waals surface area contributed by atoms with Crippen molar-refractivity contribution in [3.63, 3.8) is 0 Å². The second-order valence-corrected chi connectivity index (χ2v) is 5.01. The molecule has 1 rings (SSSR count). The molecule has 13 heavy (non-hydrogen) atoms. The molecule has 0 saturated carbocycles. The first-order valence-corrected chi connectivity index (χ1v) is 6.26. The molecule has 0 bridgehead atoms. The Bertz CT molecular complexity index is 137. The summed E-state index contributed by atoms with van der Waals surface area (Å²) in [5.74, 6) is 0. The van der Waals surface area contributed by atoms with Crippen LogP contribution >= 0.6 is 15.9 Å². The molecular formula is C10H21BrN2. The van der Waals surface area contributed by atoms with Gasteiger partial charge in [0.1, 0.15) is 0 Å². The number of hydrogen-bond acceptors (Lipinski definition) is 2. The highest BCUT2D eigenvalue weighted by atomic mass is 79.9. The van der Waals surface area contributed by atoms with Crippen molar-refractivity contribution >= 4 is 15.9 Å². The van der Waals surface area contributed by atoms with Crippen LogP contribution in [0.2, 0.25) is 0 Å². The average Bonchev–Trinajstić information content (AvgIpc) is 2.53. The number of hydrogen-bond donors (Lipinski definition) is 0. The summed E-state index contributed by atoms with van der Waals surface area (Å²) < 4.78 is 0. The van der Waals surface area contributed by atoms with E-state index in [0.29, 0.717) is 0 Å². The molecule has 78 valence electrons. The molecule has 0 aliphatic carbocycles. The van der Waals surface area contributed by atoms with Gasteiger partial charge in [-0.3, -0.25) is 0 Å². The number of likely N-dealkylation sites (N-methyl/N-ethyl adjacent to an activating group) is 1. The number of halogens is 1. The van der Waals surface area contributed by atoms with E-state index in [1.54, 1.807) is 0 Å². The van der Waals surface area contributed by atoms with Crippen LogP contribution in [-0.2, 0) is 0 Å². The van der Waals surface area contributed by atoms with Gasteiger partial charge < -0.3 is 9.80 Å². The van der Waals surface area contributed by atoms with E-state index < -0.39 is 0 Å². The summed E-state index contributed by atoms with van der Waals surface area (Å²) in [4.78, 5) is 5.78. The first-order valence-electron chi connectivity index (χ1n) is 5.35. The Kier molecular flexibility index (Phi) is 5.29.